The topological polar surface area (TPSA) is 31.4 Å². The number of benzene rings is 2. The van der Waals surface area contributed by atoms with Crippen LogP contribution in [-0.2, 0) is 0 Å². The molecule has 180 valence electrons. The Labute approximate surface area is 226 Å². The third kappa shape index (κ3) is 4.15. The van der Waals surface area contributed by atoms with Gasteiger partial charge in [-0.3, -0.25) is 4.98 Å². The zero-order chi connectivity index (χ0) is 25.1. The second-order valence-corrected chi connectivity index (χ2v) is 11.5. The molecule has 2 atom stereocenters. The van der Waals surface area contributed by atoms with Gasteiger partial charge in [0, 0.05) is 39.7 Å². The van der Waals surface area contributed by atoms with Crippen LogP contribution < -0.4 is 15.1 Å². The number of allylic oxidation sites excluding steroid dienone is 1. The molecule has 2 aliphatic rings. The van der Waals surface area contributed by atoms with Gasteiger partial charge in [0.2, 0.25) is 0 Å². The second-order valence-electron chi connectivity index (χ2n) is 9.86. The molecule has 1 fully saturated rings. The van der Waals surface area contributed by atoms with Gasteiger partial charge in [-0.25, -0.2) is 0 Å². The third-order valence-corrected chi connectivity index (χ3v) is 8.70. The zero-order valence-corrected chi connectivity index (χ0v) is 23.6. The van der Waals surface area contributed by atoms with Crippen molar-refractivity contribution < 1.29 is 0 Å². The van der Waals surface area contributed by atoms with Crippen molar-refractivity contribution in [2.75, 3.05) is 16.8 Å². The molecule has 4 nitrogen and oxygen atoms in total. The summed E-state index contributed by atoms with van der Waals surface area (Å²) in [7, 11) is 2.12. The number of hydrogen-bond donors (Lipinski definition) is 1. The van der Waals surface area contributed by atoms with Crippen LogP contribution in [0.25, 0.3) is 5.57 Å². The predicted molar refractivity (Wildman–Crippen MR) is 154 cm³/mol. The summed E-state index contributed by atoms with van der Waals surface area (Å²) in [6.07, 6.45) is 4.14. The summed E-state index contributed by atoms with van der Waals surface area (Å²) >= 11 is 16.6. The molecule has 2 aromatic carbocycles. The van der Waals surface area contributed by atoms with Crippen LogP contribution in [0.1, 0.15) is 55.2 Å². The van der Waals surface area contributed by atoms with Gasteiger partial charge in [0.05, 0.1) is 23.3 Å². The van der Waals surface area contributed by atoms with Crippen molar-refractivity contribution in [3.05, 3.63) is 92.7 Å². The first kappa shape index (κ1) is 24.3. The van der Waals surface area contributed by atoms with Crippen molar-refractivity contribution in [2.45, 2.75) is 45.3 Å². The van der Waals surface area contributed by atoms with Gasteiger partial charge in [-0.1, -0.05) is 39.7 Å². The monoisotopic (exact) mass is 566 g/mol. The van der Waals surface area contributed by atoms with Crippen LogP contribution >= 0.6 is 39.7 Å². The summed E-state index contributed by atoms with van der Waals surface area (Å²) in [6.45, 7) is 8.70. The molecule has 2 aliphatic heterocycles. The molecule has 0 saturated carbocycles. The maximum atomic E-state index is 7.09. The number of nitrogens with one attached hydrogen (secondary N) is 1. The number of anilines is 2. The van der Waals surface area contributed by atoms with Crippen molar-refractivity contribution in [1.29, 1.82) is 0 Å². The van der Waals surface area contributed by atoms with Gasteiger partial charge < -0.3 is 15.1 Å². The van der Waals surface area contributed by atoms with E-state index in [0.717, 1.165) is 37.7 Å². The SMILES string of the molecule is CC1=CC(C)(C)N(C)c2cc(Cl)c([C@H]3[C@H](c4ccccn4)NC(=S)N3c3ccc(Br)c(C)c3)cc21. The summed E-state index contributed by atoms with van der Waals surface area (Å²) in [5.41, 5.74) is 7.60. The van der Waals surface area contributed by atoms with Gasteiger partial charge in [-0.15, -0.1) is 0 Å². The van der Waals surface area contributed by atoms with Gasteiger partial charge in [0.1, 0.15) is 0 Å². The molecule has 7 heteroatoms. The molecule has 0 amide bonds. The lowest BCUT2D eigenvalue weighted by molar-refractivity contribution is 0.567. The predicted octanol–water partition coefficient (Wildman–Crippen LogP) is 7.61. The van der Waals surface area contributed by atoms with E-state index in [9.17, 15) is 0 Å². The Morgan fingerprint density at radius 2 is 1.89 bits per heavy atom. The van der Waals surface area contributed by atoms with E-state index < -0.39 is 0 Å². The van der Waals surface area contributed by atoms with Crippen molar-refractivity contribution in [1.82, 2.24) is 10.3 Å². The Kier molecular flexibility index (Phi) is 6.19. The fourth-order valence-electron chi connectivity index (χ4n) is 5.14. The molecule has 1 N–H and O–H groups in total. The molecular formula is C28H28BrClN4S. The van der Waals surface area contributed by atoms with E-state index in [-0.39, 0.29) is 17.6 Å². The quantitative estimate of drug-likeness (QED) is 0.329. The molecular weight excluding hydrogens is 540 g/mol. The van der Waals surface area contributed by atoms with Crippen molar-refractivity contribution in [2.24, 2.45) is 0 Å². The highest BCUT2D eigenvalue weighted by molar-refractivity contribution is 9.10. The number of rotatable bonds is 3. The van der Waals surface area contributed by atoms with E-state index in [2.05, 4.69) is 107 Å². The number of hydrogen-bond acceptors (Lipinski definition) is 3. The first-order chi connectivity index (χ1) is 16.6. The minimum Gasteiger partial charge on any atom is -0.365 e. The van der Waals surface area contributed by atoms with Crippen LogP contribution in [0.5, 0.6) is 0 Å². The molecule has 0 bridgehead atoms. The van der Waals surface area contributed by atoms with Crippen LogP contribution in [0.15, 0.2) is 65.3 Å². The Balaban J connectivity index is 1.71. The Morgan fingerprint density at radius 3 is 2.57 bits per heavy atom. The van der Waals surface area contributed by atoms with Gasteiger partial charge in [-0.2, -0.15) is 0 Å². The second kappa shape index (κ2) is 8.91. The number of aromatic nitrogens is 1. The number of thiocarbonyl (C=S) groups is 1. The first-order valence-corrected chi connectivity index (χ1v) is 13.2. The van der Waals surface area contributed by atoms with Crippen LogP contribution in [-0.4, -0.2) is 22.7 Å². The number of nitrogens with zero attached hydrogens (tertiary/aromatic N) is 3. The zero-order valence-electron chi connectivity index (χ0n) is 20.4. The van der Waals surface area contributed by atoms with Gasteiger partial charge in [0.15, 0.2) is 5.11 Å². The Morgan fingerprint density at radius 1 is 1.11 bits per heavy atom. The van der Waals surface area contributed by atoms with E-state index in [0.29, 0.717) is 5.11 Å². The fourth-order valence-corrected chi connectivity index (χ4v) is 6.00. The van der Waals surface area contributed by atoms with Gasteiger partial charge in [-0.05, 0) is 99.1 Å². The van der Waals surface area contributed by atoms with Crippen LogP contribution in [0, 0.1) is 6.92 Å². The highest BCUT2D eigenvalue weighted by atomic mass is 79.9. The molecule has 0 aliphatic carbocycles. The average molecular weight is 568 g/mol. The fraction of sp³-hybridized carbons (Fsp3) is 0.286. The number of likely N-dealkylation sites (N-methyl/N-ethyl adjacent to an activating group) is 1. The molecule has 3 heterocycles. The van der Waals surface area contributed by atoms with Crippen LogP contribution in [0.2, 0.25) is 5.02 Å². The Hall–Kier alpha value is -2.41. The Bertz CT molecular complexity index is 1350. The largest absolute Gasteiger partial charge is 0.365 e. The molecule has 0 unspecified atom stereocenters. The molecule has 3 aromatic rings. The van der Waals surface area contributed by atoms with E-state index in [4.69, 9.17) is 23.8 Å². The normalized spacial score (nSPS) is 21.0. The van der Waals surface area contributed by atoms with Gasteiger partial charge in [0.25, 0.3) is 0 Å². The van der Waals surface area contributed by atoms with E-state index in [1.807, 2.05) is 24.4 Å². The lowest BCUT2D eigenvalue weighted by Gasteiger charge is -2.41. The minimum absolute atomic E-state index is 0.0874. The summed E-state index contributed by atoms with van der Waals surface area (Å²) in [5.74, 6) is 0. The number of pyridine rings is 1. The van der Waals surface area contributed by atoms with E-state index in [1.54, 1.807) is 0 Å². The summed E-state index contributed by atoms with van der Waals surface area (Å²) < 4.78 is 1.07. The maximum absolute atomic E-state index is 7.09. The van der Waals surface area contributed by atoms with Crippen LogP contribution in [0.4, 0.5) is 11.4 Å². The van der Waals surface area contributed by atoms with E-state index >= 15 is 0 Å². The van der Waals surface area contributed by atoms with Crippen LogP contribution in [0.3, 0.4) is 0 Å². The molecule has 35 heavy (non-hydrogen) atoms. The van der Waals surface area contributed by atoms with Gasteiger partial charge >= 0.3 is 0 Å². The summed E-state index contributed by atoms with van der Waals surface area (Å²) in [4.78, 5) is 9.14. The molecule has 1 aromatic heterocycles. The lowest BCUT2D eigenvalue weighted by atomic mass is 9.86. The number of fused-ring (bicyclic) bond motifs is 1. The first-order valence-electron chi connectivity index (χ1n) is 11.6. The standard InChI is InChI=1S/C28H28BrClN4S/c1-16-12-18(9-10-21(16)29)34-26(25(32-27(34)35)23-8-6-7-11-31-23)20-13-19-17(2)15-28(3,4)33(5)24(19)14-22(20)30/h6-15,25-26H,1-5H3,(H,32,35)/t25-,26-/m0/s1. The van der Waals surface area contributed by atoms with Crippen molar-refractivity contribution >= 4 is 61.8 Å². The number of aryl methyl sites for hydroxylation is 1. The maximum Gasteiger partial charge on any atom is 0.174 e. The third-order valence-electron chi connectivity index (χ3n) is 7.17. The molecule has 1 saturated heterocycles. The smallest absolute Gasteiger partial charge is 0.174 e. The molecule has 0 radical (unpaired) electrons. The van der Waals surface area contributed by atoms with Crippen molar-refractivity contribution in [3.63, 3.8) is 0 Å². The highest BCUT2D eigenvalue weighted by Crippen LogP contribution is 2.48. The molecule has 5 rings (SSSR count). The average Bonchev–Trinajstić information content (AvgIpc) is 3.16. The molecule has 0 spiro atoms. The minimum atomic E-state index is -0.163. The highest BCUT2D eigenvalue weighted by Gasteiger charge is 2.42. The lowest BCUT2D eigenvalue weighted by Crippen LogP contribution is -2.42. The summed E-state index contributed by atoms with van der Waals surface area (Å²) in [6, 6.07) is 16.3. The van der Waals surface area contributed by atoms with E-state index in [1.165, 1.54) is 11.1 Å². The number of halogens is 2. The van der Waals surface area contributed by atoms with Crippen molar-refractivity contribution in [3.8, 4) is 0 Å². The summed E-state index contributed by atoms with van der Waals surface area (Å²) in [5, 5.41) is 4.92.